The summed E-state index contributed by atoms with van der Waals surface area (Å²) in [4.78, 5) is 14.8. The Morgan fingerprint density at radius 2 is 2.14 bits per heavy atom. The number of hydrogen-bond donors (Lipinski definition) is 3. The van der Waals surface area contributed by atoms with Gasteiger partial charge in [-0.05, 0) is 25.5 Å². The molecule has 1 aromatic rings. The lowest BCUT2D eigenvalue weighted by molar-refractivity contribution is -0.118. The van der Waals surface area contributed by atoms with E-state index in [1.54, 1.807) is 19.1 Å². The number of rotatable bonds is 8. The SMILES string of the molecule is C#CC(C)NS(=O)(=O)c1cccc(NCCCNC(C)=O)n1. The normalized spacial score (nSPS) is 12.2. The quantitative estimate of drug-likeness (QED) is 0.472. The van der Waals surface area contributed by atoms with Crippen molar-refractivity contribution in [2.45, 2.75) is 31.3 Å². The third kappa shape index (κ3) is 6.11. The topological polar surface area (TPSA) is 100 Å². The second-order valence-electron chi connectivity index (χ2n) is 4.63. The number of terminal acetylenes is 1. The van der Waals surface area contributed by atoms with E-state index in [1.807, 2.05) is 0 Å². The summed E-state index contributed by atoms with van der Waals surface area (Å²) in [7, 11) is -3.74. The van der Waals surface area contributed by atoms with E-state index in [0.717, 1.165) is 0 Å². The van der Waals surface area contributed by atoms with Crippen LogP contribution in [-0.2, 0) is 14.8 Å². The van der Waals surface area contributed by atoms with Crippen LogP contribution in [0.5, 0.6) is 0 Å². The molecule has 0 fully saturated rings. The number of carbonyl (C=O) groups excluding carboxylic acids is 1. The standard InChI is InChI=1S/C14H20N4O3S/c1-4-11(2)18-22(20,21)14-8-5-7-13(17-14)16-10-6-9-15-12(3)19/h1,5,7-8,11,18H,6,9-10H2,2-3H3,(H,15,19)(H,16,17). The lowest BCUT2D eigenvalue weighted by Crippen LogP contribution is -2.32. The highest BCUT2D eigenvalue weighted by molar-refractivity contribution is 7.89. The summed E-state index contributed by atoms with van der Waals surface area (Å²) >= 11 is 0. The van der Waals surface area contributed by atoms with Crippen molar-refractivity contribution in [2.75, 3.05) is 18.4 Å². The predicted molar refractivity (Wildman–Crippen MR) is 84.6 cm³/mol. The first kappa shape index (κ1) is 17.9. The smallest absolute Gasteiger partial charge is 0.259 e. The number of carbonyl (C=O) groups is 1. The van der Waals surface area contributed by atoms with Crippen LogP contribution >= 0.6 is 0 Å². The molecule has 0 saturated heterocycles. The summed E-state index contributed by atoms with van der Waals surface area (Å²) in [5.74, 6) is 2.65. The highest BCUT2D eigenvalue weighted by Crippen LogP contribution is 2.10. The zero-order valence-electron chi connectivity index (χ0n) is 12.6. The van der Waals surface area contributed by atoms with Crippen molar-refractivity contribution < 1.29 is 13.2 Å². The third-order valence-corrected chi connectivity index (χ3v) is 4.06. The fraction of sp³-hybridized carbons (Fsp3) is 0.429. The maximum Gasteiger partial charge on any atom is 0.259 e. The Hall–Kier alpha value is -2.11. The largest absolute Gasteiger partial charge is 0.370 e. The fourth-order valence-corrected chi connectivity index (χ4v) is 2.69. The molecule has 1 aromatic heterocycles. The van der Waals surface area contributed by atoms with Gasteiger partial charge in [0, 0.05) is 20.0 Å². The van der Waals surface area contributed by atoms with E-state index in [0.29, 0.717) is 25.3 Å². The van der Waals surface area contributed by atoms with Crippen molar-refractivity contribution in [2.24, 2.45) is 0 Å². The summed E-state index contributed by atoms with van der Waals surface area (Å²) in [5, 5.41) is 5.58. The molecule has 0 aliphatic rings. The van der Waals surface area contributed by atoms with Gasteiger partial charge in [0.25, 0.3) is 10.0 Å². The van der Waals surface area contributed by atoms with Gasteiger partial charge in [-0.15, -0.1) is 6.42 Å². The van der Waals surface area contributed by atoms with E-state index >= 15 is 0 Å². The van der Waals surface area contributed by atoms with Gasteiger partial charge >= 0.3 is 0 Å². The monoisotopic (exact) mass is 324 g/mol. The molecular weight excluding hydrogens is 304 g/mol. The Labute approximate surface area is 131 Å². The van der Waals surface area contributed by atoms with Gasteiger partial charge in [0.05, 0.1) is 6.04 Å². The summed E-state index contributed by atoms with van der Waals surface area (Å²) in [6, 6.07) is 4.05. The molecule has 0 aliphatic heterocycles. The summed E-state index contributed by atoms with van der Waals surface area (Å²) in [6.07, 6.45) is 5.86. The van der Waals surface area contributed by atoms with E-state index < -0.39 is 16.1 Å². The molecule has 0 aliphatic carbocycles. The lowest BCUT2D eigenvalue weighted by atomic mass is 10.4. The molecule has 1 rings (SSSR count). The molecule has 0 aromatic carbocycles. The van der Waals surface area contributed by atoms with Crippen molar-refractivity contribution in [3.8, 4) is 12.3 Å². The first-order chi connectivity index (χ1) is 10.3. The number of nitrogens with zero attached hydrogens (tertiary/aromatic N) is 1. The Bertz CT molecular complexity index is 652. The highest BCUT2D eigenvalue weighted by atomic mass is 32.2. The Morgan fingerprint density at radius 1 is 1.41 bits per heavy atom. The molecule has 7 nitrogen and oxygen atoms in total. The van der Waals surface area contributed by atoms with E-state index in [2.05, 4.69) is 26.3 Å². The second-order valence-corrected chi connectivity index (χ2v) is 6.29. The number of anilines is 1. The van der Waals surface area contributed by atoms with Crippen LogP contribution in [0.25, 0.3) is 0 Å². The Morgan fingerprint density at radius 3 is 2.77 bits per heavy atom. The van der Waals surface area contributed by atoms with Crippen LogP contribution in [0.2, 0.25) is 0 Å². The van der Waals surface area contributed by atoms with Crippen LogP contribution in [0.4, 0.5) is 5.82 Å². The minimum atomic E-state index is -3.74. The van der Waals surface area contributed by atoms with Gasteiger partial charge in [-0.3, -0.25) is 4.79 Å². The molecule has 3 N–H and O–H groups in total. The molecule has 0 spiro atoms. The van der Waals surface area contributed by atoms with Gasteiger partial charge in [-0.2, -0.15) is 4.72 Å². The number of amides is 1. The van der Waals surface area contributed by atoms with Crippen LogP contribution in [-0.4, -0.2) is 38.4 Å². The van der Waals surface area contributed by atoms with Gasteiger partial charge < -0.3 is 10.6 Å². The van der Waals surface area contributed by atoms with Gasteiger partial charge in [0.2, 0.25) is 5.91 Å². The zero-order valence-corrected chi connectivity index (χ0v) is 13.4. The summed E-state index contributed by atoms with van der Waals surface area (Å²) in [5.41, 5.74) is 0. The summed E-state index contributed by atoms with van der Waals surface area (Å²) in [6.45, 7) is 4.13. The van der Waals surface area contributed by atoms with Gasteiger partial charge in [0.1, 0.15) is 5.82 Å². The minimum absolute atomic E-state index is 0.0834. The van der Waals surface area contributed by atoms with Gasteiger partial charge in [0.15, 0.2) is 5.03 Å². The number of aromatic nitrogens is 1. The Kier molecular flexibility index (Phi) is 6.82. The van der Waals surface area contributed by atoms with E-state index in [9.17, 15) is 13.2 Å². The average molecular weight is 324 g/mol. The van der Waals surface area contributed by atoms with Crippen LogP contribution < -0.4 is 15.4 Å². The van der Waals surface area contributed by atoms with Crippen LogP contribution in [0, 0.1) is 12.3 Å². The highest BCUT2D eigenvalue weighted by Gasteiger charge is 2.18. The molecule has 0 radical (unpaired) electrons. The third-order valence-electron chi connectivity index (χ3n) is 2.61. The Balaban J connectivity index is 2.62. The van der Waals surface area contributed by atoms with Gasteiger partial charge in [-0.1, -0.05) is 12.0 Å². The number of hydrogen-bond acceptors (Lipinski definition) is 5. The summed E-state index contributed by atoms with van der Waals surface area (Å²) < 4.78 is 26.5. The lowest BCUT2D eigenvalue weighted by Gasteiger charge is -2.10. The van der Waals surface area contributed by atoms with Crippen LogP contribution in [0.3, 0.4) is 0 Å². The number of pyridine rings is 1. The molecule has 1 unspecified atom stereocenters. The molecule has 1 amide bonds. The molecule has 0 saturated carbocycles. The fourth-order valence-electron chi connectivity index (χ4n) is 1.56. The molecule has 1 atom stereocenters. The van der Waals surface area contributed by atoms with E-state index in [1.165, 1.54) is 13.0 Å². The first-order valence-corrected chi connectivity index (χ1v) is 8.27. The number of nitrogens with one attached hydrogen (secondary N) is 3. The van der Waals surface area contributed by atoms with Crippen molar-refractivity contribution in [1.82, 2.24) is 15.0 Å². The molecule has 1 heterocycles. The van der Waals surface area contributed by atoms with E-state index in [4.69, 9.17) is 6.42 Å². The zero-order chi connectivity index (χ0) is 16.6. The molecular formula is C14H20N4O3S. The number of sulfonamides is 1. The minimum Gasteiger partial charge on any atom is -0.370 e. The molecule has 8 heteroatoms. The van der Waals surface area contributed by atoms with E-state index in [-0.39, 0.29) is 10.9 Å². The maximum absolute atomic E-state index is 12.1. The second kappa shape index (κ2) is 8.36. The first-order valence-electron chi connectivity index (χ1n) is 6.79. The molecule has 22 heavy (non-hydrogen) atoms. The van der Waals surface area contributed by atoms with Crippen LogP contribution in [0.1, 0.15) is 20.3 Å². The van der Waals surface area contributed by atoms with Crippen LogP contribution in [0.15, 0.2) is 23.2 Å². The van der Waals surface area contributed by atoms with Crippen molar-refractivity contribution in [3.63, 3.8) is 0 Å². The molecule has 0 bridgehead atoms. The average Bonchev–Trinajstić information content (AvgIpc) is 2.46. The predicted octanol–water partition coefficient (Wildman–Crippen LogP) is 0.320. The van der Waals surface area contributed by atoms with Crippen molar-refractivity contribution in [3.05, 3.63) is 18.2 Å². The van der Waals surface area contributed by atoms with Gasteiger partial charge in [-0.25, -0.2) is 13.4 Å². The van der Waals surface area contributed by atoms with Crippen molar-refractivity contribution >= 4 is 21.7 Å². The molecule has 120 valence electrons. The van der Waals surface area contributed by atoms with Crippen molar-refractivity contribution in [1.29, 1.82) is 0 Å². The maximum atomic E-state index is 12.1.